The molecule has 4 aromatic rings. The Kier molecular flexibility index (Phi) is 5.08. The van der Waals surface area contributed by atoms with Gasteiger partial charge in [0.1, 0.15) is 0 Å². The van der Waals surface area contributed by atoms with Gasteiger partial charge in [-0.3, -0.25) is 9.59 Å². The number of rotatable bonds is 7. The van der Waals surface area contributed by atoms with Gasteiger partial charge in [0.2, 0.25) is 0 Å². The molecule has 0 spiro atoms. The van der Waals surface area contributed by atoms with Gasteiger partial charge in [-0.15, -0.1) is 0 Å². The van der Waals surface area contributed by atoms with Crippen LogP contribution in [0.5, 0.6) is 0 Å². The number of hydrogen-bond acceptors (Lipinski definition) is 2. The Balaban J connectivity index is 1.79. The van der Waals surface area contributed by atoms with Gasteiger partial charge < -0.3 is 10.2 Å². The molecule has 4 aromatic carbocycles. The highest BCUT2D eigenvalue weighted by molar-refractivity contribution is 5.89. The maximum atomic E-state index is 12.1. The highest BCUT2D eigenvalue weighted by Gasteiger charge is 2.61. The van der Waals surface area contributed by atoms with Gasteiger partial charge in [-0.1, -0.05) is 97.1 Å². The lowest BCUT2D eigenvalue weighted by Gasteiger charge is -2.50. The summed E-state index contributed by atoms with van der Waals surface area (Å²) in [6.07, 6.45) is 0.668. The van der Waals surface area contributed by atoms with Crippen LogP contribution in [-0.2, 0) is 20.4 Å². The van der Waals surface area contributed by atoms with Crippen LogP contribution in [0.1, 0.15) is 47.9 Å². The van der Waals surface area contributed by atoms with E-state index >= 15 is 0 Å². The molecule has 2 aliphatic rings. The second-order valence-electron chi connectivity index (χ2n) is 9.78. The largest absolute Gasteiger partial charge is 0.481 e. The lowest BCUT2D eigenvalue weighted by molar-refractivity contribution is -0.139. The zero-order valence-corrected chi connectivity index (χ0v) is 19.8. The average molecular weight is 475 g/mol. The van der Waals surface area contributed by atoms with Crippen LogP contribution in [0.25, 0.3) is 22.3 Å². The molecule has 6 rings (SSSR count). The van der Waals surface area contributed by atoms with Crippen LogP contribution in [0.3, 0.4) is 0 Å². The number of hydrogen-bond donors (Lipinski definition) is 2. The Bertz CT molecular complexity index is 1310. The summed E-state index contributed by atoms with van der Waals surface area (Å²) in [6, 6.07) is 33.0. The summed E-state index contributed by atoms with van der Waals surface area (Å²) < 4.78 is 0. The molecule has 0 fully saturated rings. The van der Waals surface area contributed by atoms with E-state index in [2.05, 4.69) is 48.5 Å². The van der Waals surface area contributed by atoms with E-state index in [1.54, 1.807) is 0 Å². The van der Waals surface area contributed by atoms with Crippen LogP contribution in [0, 0.1) is 0 Å². The number of aliphatic carboxylic acids is 2. The predicted octanol–water partition coefficient (Wildman–Crippen LogP) is 6.65. The monoisotopic (exact) mass is 474 g/mol. The fraction of sp³-hybridized carbons (Fsp3) is 0.188. The number of carbonyl (C=O) groups is 2. The number of carboxylic acids is 2. The molecule has 0 atom stereocenters. The van der Waals surface area contributed by atoms with Crippen molar-refractivity contribution in [3.8, 4) is 22.3 Å². The van der Waals surface area contributed by atoms with Crippen molar-refractivity contribution in [1.82, 2.24) is 0 Å². The van der Waals surface area contributed by atoms with Crippen molar-refractivity contribution in [3.05, 3.63) is 119 Å². The summed E-state index contributed by atoms with van der Waals surface area (Å²) in [5.74, 6) is -1.71. The van der Waals surface area contributed by atoms with Crippen LogP contribution in [-0.4, -0.2) is 22.2 Å². The molecule has 178 valence electrons. The number of benzene rings is 4. The van der Waals surface area contributed by atoms with Crippen LogP contribution < -0.4 is 0 Å². The van der Waals surface area contributed by atoms with Crippen molar-refractivity contribution in [2.75, 3.05) is 0 Å². The van der Waals surface area contributed by atoms with Crippen molar-refractivity contribution in [2.45, 2.75) is 36.5 Å². The van der Waals surface area contributed by atoms with Gasteiger partial charge in [-0.25, -0.2) is 0 Å². The fourth-order valence-electron chi connectivity index (χ4n) is 7.12. The molecule has 36 heavy (non-hydrogen) atoms. The summed E-state index contributed by atoms with van der Waals surface area (Å²) in [5.41, 5.74) is 7.16. The smallest absolute Gasteiger partial charge is 0.303 e. The molecule has 0 saturated carbocycles. The summed E-state index contributed by atoms with van der Waals surface area (Å²) in [4.78, 5) is 24.2. The molecule has 2 N–H and O–H groups in total. The third-order valence-electron chi connectivity index (χ3n) is 8.28. The van der Waals surface area contributed by atoms with Gasteiger partial charge in [-0.05, 0) is 57.3 Å². The van der Waals surface area contributed by atoms with E-state index in [0.717, 1.165) is 44.5 Å². The van der Waals surface area contributed by atoms with Gasteiger partial charge in [0, 0.05) is 23.7 Å². The van der Waals surface area contributed by atoms with E-state index in [1.165, 1.54) is 0 Å². The van der Waals surface area contributed by atoms with Crippen LogP contribution >= 0.6 is 0 Å². The van der Waals surface area contributed by atoms with Crippen molar-refractivity contribution in [3.63, 3.8) is 0 Å². The topological polar surface area (TPSA) is 74.6 Å². The molecule has 0 bridgehead atoms. The summed E-state index contributed by atoms with van der Waals surface area (Å²) >= 11 is 0. The highest BCUT2D eigenvalue weighted by atomic mass is 16.4. The molecule has 4 heteroatoms. The van der Waals surface area contributed by atoms with Crippen LogP contribution in [0.4, 0.5) is 0 Å². The van der Waals surface area contributed by atoms with Crippen molar-refractivity contribution in [1.29, 1.82) is 0 Å². The molecule has 2 aliphatic carbocycles. The Morgan fingerprint density at radius 2 is 0.722 bits per heavy atom. The van der Waals surface area contributed by atoms with Gasteiger partial charge in [0.25, 0.3) is 0 Å². The SMILES string of the molecule is O=C(O)CCC1(C2(CCC(=O)O)c3ccccc3-c3ccccc32)c2ccccc2-c2ccccc21. The molecule has 0 radical (unpaired) electrons. The molecule has 0 heterocycles. The normalized spacial score (nSPS) is 15.4. The van der Waals surface area contributed by atoms with Crippen molar-refractivity contribution < 1.29 is 19.8 Å². The number of fused-ring (bicyclic) bond motifs is 6. The summed E-state index contributed by atoms with van der Waals surface area (Å²) in [7, 11) is 0. The second kappa shape index (κ2) is 8.20. The first kappa shape index (κ1) is 22.3. The first-order chi connectivity index (χ1) is 17.5. The minimum absolute atomic E-state index is 0.0260. The highest BCUT2D eigenvalue weighted by Crippen LogP contribution is 2.68. The Hall–Kier alpha value is -4.18. The lowest BCUT2D eigenvalue weighted by Crippen LogP contribution is -2.49. The zero-order chi connectivity index (χ0) is 24.9. The predicted molar refractivity (Wildman–Crippen MR) is 139 cm³/mol. The van der Waals surface area contributed by atoms with Crippen molar-refractivity contribution >= 4 is 11.9 Å². The van der Waals surface area contributed by atoms with Crippen LogP contribution in [0.15, 0.2) is 97.1 Å². The molecule has 0 aliphatic heterocycles. The van der Waals surface area contributed by atoms with Gasteiger partial charge >= 0.3 is 11.9 Å². The quantitative estimate of drug-likeness (QED) is 0.314. The second-order valence-corrected chi connectivity index (χ2v) is 9.78. The lowest BCUT2D eigenvalue weighted by atomic mass is 9.51. The van der Waals surface area contributed by atoms with E-state index in [-0.39, 0.29) is 12.8 Å². The summed E-state index contributed by atoms with van der Waals surface area (Å²) in [6.45, 7) is 0. The molecule has 0 unspecified atom stereocenters. The molecular weight excluding hydrogens is 448 g/mol. The molecule has 0 saturated heterocycles. The first-order valence-electron chi connectivity index (χ1n) is 12.3. The zero-order valence-electron chi connectivity index (χ0n) is 19.8. The molecule has 0 aromatic heterocycles. The van der Waals surface area contributed by atoms with Gasteiger partial charge in [0.15, 0.2) is 0 Å². The Morgan fingerprint density at radius 3 is 0.972 bits per heavy atom. The molecular formula is C32H26O4. The maximum Gasteiger partial charge on any atom is 0.303 e. The third-order valence-corrected chi connectivity index (χ3v) is 8.28. The molecule has 0 amide bonds. The Labute approximate surface area is 209 Å². The minimum Gasteiger partial charge on any atom is -0.481 e. The van der Waals surface area contributed by atoms with E-state index in [1.807, 2.05) is 48.5 Å². The van der Waals surface area contributed by atoms with Crippen molar-refractivity contribution in [2.24, 2.45) is 0 Å². The number of carboxylic acid groups (broad SMARTS) is 2. The van der Waals surface area contributed by atoms with E-state index in [9.17, 15) is 19.8 Å². The average Bonchev–Trinajstić information content (AvgIpc) is 3.35. The Morgan fingerprint density at radius 1 is 0.472 bits per heavy atom. The first-order valence-corrected chi connectivity index (χ1v) is 12.3. The third kappa shape index (κ3) is 2.87. The van der Waals surface area contributed by atoms with Gasteiger partial charge in [0.05, 0.1) is 0 Å². The minimum atomic E-state index is -0.857. The van der Waals surface area contributed by atoms with Gasteiger partial charge in [-0.2, -0.15) is 0 Å². The standard InChI is InChI=1S/C32H26O4/c33-29(34)17-19-31(25-13-5-1-9-21(25)22-10-2-6-14-26(22)31)32(20-18-30(35)36)27-15-7-3-11-23(27)24-12-4-8-16-28(24)32/h1-16H,17-20H2,(H,33,34)(H,35,36). The van der Waals surface area contributed by atoms with Crippen LogP contribution in [0.2, 0.25) is 0 Å². The van der Waals surface area contributed by atoms with E-state index < -0.39 is 22.8 Å². The molecule has 4 nitrogen and oxygen atoms in total. The summed E-state index contributed by atoms with van der Waals surface area (Å²) in [5, 5.41) is 19.9. The maximum absolute atomic E-state index is 12.1. The fourth-order valence-corrected chi connectivity index (χ4v) is 7.12. The van der Waals surface area contributed by atoms with E-state index in [4.69, 9.17) is 0 Å². The van der Waals surface area contributed by atoms with E-state index in [0.29, 0.717) is 12.8 Å².